The van der Waals surface area contributed by atoms with Crippen LogP contribution in [0, 0.1) is 12.7 Å². The minimum absolute atomic E-state index is 0.0402. The van der Waals surface area contributed by atoms with E-state index in [0.29, 0.717) is 5.56 Å². The summed E-state index contributed by atoms with van der Waals surface area (Å²) in [6.45, 7) is 1.83. The summed E-state index contributed by atoms with van der Waals surface area (Å²) < 4.78 is 44.3. The number of ether oxygens (including phenoxy) is 1. The van der Waals surface area contributed by atoms with E-state index in [4.69, 9.17) is 10.5 Å². The first-order chi connectivity index (χ1) is 8.40. The highest BCUT2D eigenvalue weighted by Gasteiger charge is 2.21. The quantitative estimate of drug-likeness (QED) is 0.787. The molecule has 0 saturated carbocycles. The highest BCUT2D eigenvalue weighted by atomic mass is 32.2. The molecule has 0 aliphatic heterocycles. The third-order valence-electron chi connectivity index (χ3n) is 2.40. The van der Waals surface area contributed by atoms with Gasteiger partial charge in [0.25, 0.3) is 0 Å². The van der Waals surface area contributed by atoms with Gasteiger partial charge in [0.1, 0.15) is 5.82 Å². The molecular weight excluding hydrogens is 259 g/mol. The summed E-state index contributed by atoms with van der Waals surface area (Å²) in [6.07, 6.45) is 0. The highest BCUT2D eigenvalue weighted by Crippen LogP contribution is 2.16. The molecule has 0 heterocycles. The Morgan fingerprint density at radius 3 is 2.67 bits per heavy atom. The van der Waals surface area contributed by atoms with E-state index in [-0.39, 0.29) is 18.0 Å². The lowest BCUT2D eigenvalue weighted by Crippen LogP contribution is -2.43. The predicted molar refractivity (Wildman–Crippen MR) is 66.2 cm³/mol. The summed E-state index contributed by atoms with van der Waals surface area (Å²) in [5, 5.41) is 0. The lowest BCUT2D eigenvalue weighted by atomic mass is 10.2. The molecule has 0 amide bonds. The van der Waals surface area contributed by atoms with E-state index in [1.54, 1.807) is 0 Å². The normalized spacial score (nSPS) is 13.6. The highest BCUT2D eigenvalue weighted by molar-refractivity contribution is 7.89. The van der Waals surface area contributed by atoms with Crippen LogP contribution >= 0.6 is 0 Å². The van der Waals surface area contributed by atoms with Crippen molar-refractivity contribution in [1.82, 2.24) is 4.72 Å². The molecular formula is C11H17FN2O3S. The van der Waals surface area contributed by atoms with Gasteiger partial charge in [-0.3, -0.25) is 0 Å². The average molecular weight is 276 g/mol. The summed E-state index contributed by atoms with van der Waals surface area (Å²) in [5.74, 6) is -0.473. The number of nitrogens with one attached hydrogen (secondary N) is 1. The van der Waals surface area contributed by atoms with Crippen molar-refractivity contribution in [2.45, 2.75) is 17.9 Å². The molecule has 0 radical (unpaired) electrons. The number of methoxy groups -OCH3 is 1. The van der Waals surface area contributed by atoms with Gasteiger partial charge in [-0.1, -0.05) is 0 Å². The Kier molecular flexibility index (Phi) is 5.21. The van der Waals surface area contributed by atoms with Crippen LogP contribution in [0.3, 0.4) is 0 Å². The van der Waals surface area contributed by atoms with Gasteiger partial charge < -0.3 is 10.5 Å². The Hall–Kier alpha value is -1.02. The standard InChI is InChI=1S/C11H17FN2O3S/c1-8-5-9(12)3-4-11(8)18(15,16)14-10(6-13)7-17-2/h3-5,10,14H,6-7,13H2,1-2H3. The molecule has 0 bridgehead atoms. The first-order valence-electron chi connectivity index (χ1n) is 5.38. The van der Waals surface area contributed by atoms with E-state index in [2.05, 4.69) is 4.72 Å². The van der Waals surface area contributed by atoms with Crippen LogP contribution in [-0.4, -0.2) is 34.7 Å². The van der Waals surface area contributed by atoms with E-state index in [1.807, 2.05) is 0 Å². The van der Waals surface area contributed by atoms with Crippen molar-refractivity contribution in [3.8, 4) is 0 Å². The zero-order valence-electron chi connectivity index (χ0n) is 10.3. The lowest BCUT2D eigenvalue weighted by Gasteiger charge is -2.16. The van der Waals surface area contributed by atoms with Gasteiger partial charge in [0.05, 0.1) is 17.5 Å². The molecule has 7 heteroatoms. The van der Waals surface area contributed by atoms with Crippen LogP contribution in [0.25, 0.3) is 0 Å². The van der Waals surface area contributed by atoms with E-state index in [9.17, 15) is 12.8 Å². The molecule has 1 aromatic rings. The van der Waals surface area contributed by atoms with Gasteiger partial charge in [-0.15, -0.1) is 0 Å². The monoisotopic (exact) mass is 276 g/mol. The fourth-order valence-electron chi connectivity index (χ4n) is 1.55. The average Bonchev–Trinajstić information content (AvgIpc) is 2.27. The minimum atomic E-state index is -3.72. The smallest absolute Gasteiger partial charge is 0.241 e. The number of nitrogens with two attached hydrogens (primary N) is 1. The fraction of sp³-hybridized carbons (Fsp3) is 0.455. The van der Waals surface area contributed by atoms with E-state index in [1.165, 1.54) is 26.2 Å². The van der Waals surface area contributed by atoms with Gasteiger partial charge in [-0.2, -0.15) is 0 Å². The molecule has 1 atom stereocenters. The lowest BCUT2D eigenvalue weighted by molar-refractivity contribution is 0.177. The van der Waals surface area contributed by atoms with Gasteiger partial charge in [0.15, 0.2) is 0 Å². The molecule has 0 fully saturated rings. The maximum absolute atomic E-state index is 12.9. The second-order valence-corrected chi connectivity index (χ2v) is 5.60. The molecule has 1 unspecified atom stereocenters. The Morgan fingerprint density at radius 1 is 1.50 bits per heavy atom. The van der Waals surface area contributed by atoms with Crippen molar-refractivity contribution < 1.29 is 17.5 Å². The zero-order valence-corrected chi connectivity index (χ0v) is 11.1. The third-order valence-corrected chi connectivity index (χ3v) is 4.08. The second kappa shape index (κ2) is 6.24. The fourth-order valence-corrected chi connectivity index (χ4v) is 3.01. The first-order valence-corrected chi connectivity index (χ1v) is 6.86. The Labute approximate surface area is 106 Å². The Morgan fingerprint density at radius 2 is 2.17 bits per heavy atom. The van der Waals surface area contributed by atoms with Crippen LogP contribution in [0.1, 0.15) is 5.56 Å². The predicted octanol–water partition coefficient (Wildman–Crippen LogP) is 0.386. The maximum Gasteiger partial charge on any atom is 0.241 e. The molecule has 0 aliphatic carbocycles. The molecule has 102 valence electrons. The summed E-state index contributed by atoms with van der Waals surface area (Å²) in [6, 6.07) is 3.00. The van der Waals surface area contributed by atoms with Crippen molar-refractivity contribution in [2.75, 3.05) is 20.3 Å². The van der Waals surface area contributed by atoms with Gasteiger partial charge in [-0.05, 0) is 30.7 Å². The van der Waals surface area contributed by atoms with Gasteiger partial charge in [-0.25, -0.2) is 17.5 Å². The molecule has 3 N–H and O–H groups in total. The maximum atomic E-state index is 12.9. The summed E-state index contributed by atoms with van der Waals surface area (Å²) in [4.78, 5) is 0.0402. The van der Waals surface area contributed by atoms with Crippen LogP contribution in [0.15, 0.2) is 23.1 Å². The Balaban J connectivity index is 2.99. The van der Waals surface area contributed by atoms with Gasteiger partial charge in [0, 0.05) is 13.7 Å². The van der Waals surface area contributed by atoms with Crippen molar-refractivity contribution >= 4 is 10.0 Å². The molecule has 18 heavy (non-hydrogen) atoms. The van der Waals surface area contributed by atoms with E-state index >= 15 is 0 Å². The van der Waals surface area contributed by atoms with E-state index < -0.39 is 21.9 Å². The van der Waals surface area contributed by atoms with Gasteiger partial charge >= 0.3 is 0 Å². The molecule has 0 spiro atoms. The van der Waals surface area contributed by atoms with Crippen LogP contribution in [0.2, 0.25) is 0 Å². The molecule has 0 aromatic heterocycles. The first kappa shape index (κ1) is 15.0. The number of halogens is 1. The van der Waals surface area contributed by atoms with Crippen molar-refractivity contribution in [3.05, 3.63) is 29.6 Å². The van der Waals surface area contributed by atoms with Gasteiger partial charge in [0.2, 0.25) is 10.0 Å². The van der Waals surface area contributed by atoms with Crippen molar-refractivity contribution in [2.24, 2.45) is 5.73 Å². The van der Waals surface area contributed by atoms with Crippen molar-refractivity contribution in [1.29, 1.82) is 0 Å². The molecule has 5 nitrogen and oxygen atoms in total. The number of rotatable bonds is 6. The number of benzene rings is 1. The van der Waals surface area contributed by atoms with Crippen LogP contribution in [0.4, 0.5) is 4.39 Å². The second-order valence-electron chi connectivity index (χ2n) is 3.92. The molecule has 0 saturated heterocycles. The minimum Gasteiger partial charge on any atom is -0.383 e. The summed E-state index contributed by atoms with van der Waals surface area (Å²) in [7, 11) is -2.26. The van der Waals surface area contributed by atoms with Crippen LogP contribution in [-0.2, 0) is 14.8 Å². The van der Waals surface area contributed by atoms with Crippen LogP contribution < -0.4 is 10.5 Å². The largest absolute Gasteiger partial charge is 0.383 e. The molecule has 0 aliphatic rings. The number of hydrogen-bond acceptors (Lipinski definition) is 4. The number of hydrogen-bond donors (Lipinski definition) is 2. The third kappa shape index (κ3) is 3.74. The molecule has 1 rings (SSSR count). The number of aryl methyl sites for hydroxylation is 1. The van der Waals surface area contributed by atoms with E-state index in [0.717, 1.165) is 6.07 Å². The molecule has 1 aromatic carbocycles. The summed E-state index contributed by atoms with van der Waals surface area (Å²) in [5.41, 5.74) is 5.78. The van der Waals surface area contributed by atoms with Crippen LogP contribution in [0.5, 0.6) is 0 Å². The SMILES string of the molecule is COCC(CN)NS(=O)(=O)c1ccc(F)cc1C. The topological polar surface area (TPSA) is 81.4 Å². The Bertz CT molecular complexity index is 505. The number of sulfonamides is 1. The zero-order chi connectivity index (χ0) is 13.8. The van der Waals surface area contributed by atoms with Crippen molar-refractivity contribution in [3.63, 3.8) is 0 Å². The summed E-state index contributed by atoms with van der Waals surface area (Å²) >= 11 is 0.